The number of nitrogens with one attached hydrogen (secondary N) is 1. The van der Waals surface area contributed by atoms with Gasteiger partial charge in [-0.2, -0.15) is 0 Å². The second kappa shape index (κ2) is 12.4. The minimum absolute atomic E-state index is 0. The van der Waals surface area contributed by atoms with Crippen LogP contribution in [0.5, 0.6) is 0 Å². The number of nitrogens with two attached hydrogens (primary N) is 1. The highest BCUT2D eigenvalue weighted by Gasteiger charge is 2.24. The molecule has 1 unspecified atom stereocenters. The summed E-state index contributed by atoms with van der Waals surface area (Å²) in [5, 5.41) is 3.34. The van der Waals surface area contributed by atoms with E-state index < -0.39 is 0 Å². The van der Waals surface area contributed by atoms with Crippen LogP contribution in [0.3, 0.4) is 0 Å². The van der Waals surface area contributed by atoms with Crippen molar-refractivity contribution < 1.29 is 9.18 Å². The Balaban J connectivity index is 0.00000341. The van der Waals surface area contributed by atoms with Crippen LogP contribution < -0.4 is 16.0 Å². The molecule has 1 aromatic rings. The van der Waals surface area contributed by atoms with Crippen molar-refractivity contribution in [3.05, 3.63) is 29.6 Å². The van der Waals surface area contributed by atoms with Gasteiger partial charge in [-0.05, 0) is 43.0 Å². The molecule has 1 atom stereocenters. The highest BCUT2D eigenvalue weighted by molar-refractivity contribution is 14.0. The van der Waals surface area contributed by atoms with Crippen LogP contribution in [0, 0.1) is 11.7 Å². The Labute approximate surface area is 202 Å². The second-order valence-electron chi connectivity index (χ2n) is 8.23. The summed E-state index contributed by atoms with van der Waals surface area (Å²) in [5.41, 5.74) is 6.93. The molecule has 2 heterocycles. The van der Waals surface area contributed by atoms with Crippen molar-refractivity contribution in [2.24, 2.45) is 16.6 Å². The molecule has 3 rings (SSSR count). The van der Waals surface area contributed by atoms with E-state index in [1.54, 1.807) is 13.1 Å². The van der Waals surface area contributed by atoms with Gasteiger partial charge in [-0.25, -0.2) is 4.39 Å². The standard InChI is InChI=1S/C22H35FN6O.HI/c1-3-27-9-11-28(12-10-27)20-7-6-17(13-19(20)23)15-26-22(25-2)29-8-4-5-18(16-29)14-21(24)30;/h6-7,13,18H,3-5,8-12,14-16H2,1-2H3,(H2,24,30)(H,25,26);1H. The van der Waals surface area contributed by atoms with Crippen molar-refractivity contribution in [3.8, 4) is 0 Å². The van der Waals surface area contributed by atoms with Gasteiger partial charge in [0.2, 0.25) is 5.91 Å². The largest absolute Gasteiger partial charge is 0.370 e. The molecular formula is C22H36FIN6O. The maximum Gasteiger partial charge on any atom is 0.217 e. The van der Waals surface area contributed by atoms with Crippen LogP contribution in [-0.2, 0) is 11.3 Å². The minimum Gasteiger partial charge on any atom is -0.370 e. The molecule has 0 saturated carbocycles. The van der Waals surface area contributed by atoms with Gasteiger partial charge in [0.15, 0.2) is 5.96 Å². The first-order valence-corrected chi connectivity index (χ1v) is 11.0. The third kappa shape index (κ3) is 7.20. The molecule has 0 aliphatic carbocycles. The number of benzene rings is 1. The average Bonchev–Trinajstić information content (AvgIpc) is 2.74. The smallest absolute Gasteiger partial charge is 0.217 e. The molecule has 0 bridgehead atoms. The Bertz CT molecular complexity index is 754. The van der Waals surface area contributed by atoms with Gasteiger partial charge >= 0.3 is 0 Å². The van der Waals surface area contributed by atoms with Gasteiger partial charge in [0, 0.05) is 59.3 Å². The number of likely N-dealkylation sites (tertiary alicyclic amines) is 1. The lowest BCUT2D eigenvalue weighted by atomic mass is 9.95. The SMILES string of the molecule is CCN1CCN(c2ccc(CNC(=NC)N3CCCC(CC(N)=O)C3)cc2F)CC1.I. The Morgan fingerprint density at radius 1 is 1.26 bits per heavy atom. The Hall–Kier alpha value is -1.62. The molecule has 3 N–H and O–H groups in total. The molecule has 174 valence electrons. The van der Waals surface area contributed by atoms with Gasteiger partial charge in [0.05, 0.1) is 5.69 Å². The highest BCUT2D eigenvalue weighted by Crippen LogP contribution is 2.23. The zero-order chi connectivity index (χ0) is 21.5. The number of hydrogen-bond donors (Lipinski definition) is 2. The summed E-state index contributed by atoms with van der Waals surface area (Å²) in [4.78, 5) is 22.3. The fraction of sp³-hybridized carbons (Fsp3) is 0.636. The first-order chi connectivity index (χ1) is 14.5. The lowest BCUT2D eigenvalue weighted by molar-refractivity contribution is -0.119. The van der Waals surface area contributed by atoms with Gasteiger partial charge in [0.1, 0.15) is 5.82 Å². The third-order valence-corrected chi connectivity index (χ3v) is 6.14. The molecule has 0 aromatic heterocycles. The lowest BCUT2D eigenvalue weighted by Crippen LogP contribution is -2.47. The molecule has 2 aliphatic heterocycles. The van der Waals surface area contributed by atoms with Crippen molar-refractivity contribution >= 4 is 41.5 Å². The van der Waals surface area contributed by atoms with Gasteiger partial charge in [-0.1, -0.05) is 13.0 Å². The Morgan fingerprint density at radius 3 is 2.61 bits per heavy atom. The quantitative estimate of drug-likeness (QED) is 0.325. The molecular weight excluding hydrogens is 510 g/mol. The molecule has 2 saturated heterocycles. The molecule has 2 aliphatic rings. The van der Waals surface area contributed by atoms with Gasteiger partial charge in [-0.15, -0.1) is 24.0 Å². The fourth-order valence-corrected chi connectivity index (χ4v) is 4.44. The molecule has 0 spiro atoms. The Kier molecular flexibility index (Phi) is 10.3. The lowest BCUT2D eigenvalue weighted by Gasteiger charge is -2.35. The van der Waals surface area contributed by atoms with E-state index in [1.165, 1.54) is 0 Å². The number of aliphatic imine (C=N–C) groups is 1. The van der Waals surface area contributed by atoms with Crippen LogP contribution in [-0.4, -0.2) is 74.5 Å². The number of guanidine groups is 1. The van der Waals surface area contributed by atoms with E-state index in [9.17, 15) is 9.18 Å². The highest BCUT2D eigenvalue weighted by atomic mass is 127. The van der Waals surface area contributed by atoms with Gasteiger partial charge in [0.25, 0.3) is 0 Å². The number of carbonyl (C=O) groups is 1. The summed E-state index contributed by atoms with van der Waals surface area (Å²) in [6.07, 6.45) is 2.43. The fourth-order valence-electron chi connectivity index (χ4n) is 4.44. The first kappa shape index (κ1) is 25.6. The maximum absolute atomic E-state index is 14.8. The molecule has 0 radical (unpaired) electrons. The zero-order valence-electron chi connectivity index (χ0n) is 18.6. The number of likely N-dealkylation sites (N-methyl/N-ethyl adjacent to an activating group) is 1. The molecule has 7 nitrogen and oxygen atoms in total. The summed E-state index contributed by atoms with van der Waals surface area (Å²) < 4.78 is 14.8. The van der Waals surface area contributed by atoms with Gasteiger partial charge < -0.3 is 25.8 Å². The number of primary amides is 1. The first-order valence-electron chi connectivity index (χ1n) is 11.0. The van der Waals surface area contributed by atoms with Crippen molar-refractivity contribution in [1.29, 1.82) is 0 Å². The number of halogens is 2. The number of piperidine rings is 1. The topological polar surface area (TPSA) is 77.2 Å². The Morgan fingerprint density at radius 2 is 2.00 bits per heavy atom. The van der Waals surface area contributed by atoms with Crippen LogP contribution in [0.15, 0.2) is 23.2 Å². The summed E-state index contributed by atoms with van der Waals surface area (Å²) in [5.74, 6) is 0.620. The van der Waals surface area contributed by atoms with Crippen molar-refractivity contribution in [2.75, 3.05) is 57.8 Å². The number of anilines is 1. The second-order valence-corrected chi connectivity index (χ2v) is 8.23. The van der Waals surface area contributed by atoms with E-state index >= 15 is 0 Å². The van der Waals surface area contributed by atoms with Crippen LogP contribution in [0.4, 0.5) is 10.1 Å². The predicted molar refractivity (Wildman–Crippen MR) is 134 cm³/mol. The van der Waals surface area contributed by atoms with Crippen molar-refractivity contribution in [1.82, 2.24) is 15.1 Å². The monoisotopic (exact) mass is 546 g/mol. The number of amides is 1. The number of nitrogens with zero attached hydrogens (tertiary/aromatic N) is 4. The van der Waals surface area contributed by atoms with E-state index in [4.69, 9.17) is 5.73 Å². The molecule has 31 heavy (non-hydrogen) atoms. The number of piperazine rings is 1. The van der Waals surface area contributed by atoms with Crippen LogP contribution >= 0.6 is 24.0 Å². The predicted octanol–water partition coefficient (Wildman–Crippen LogP) is 2.25. The minimum atomic E-state index is -0.253. The molecule has 1 amide bonds. The third-order valence-electron chi connectivity index (χ3n) is 6.14. The van der Waals surface area contributed by atoms with Gasteiger partial charge in [-0.3, -0.25) is 9.79 Å². The molecule has 1 aromatic carbocycles. The van der Waals surface area contributed by atoms with Crippen molar-refractivity contribution in [2.45, 2.75) is 32.7 Å². The van der Waals surface area contributed by atoms with Crippen LogP contribution in [0.2, 0.25) is 0 Å². The van der Waals surface area contributed by atoms with E-state index in [0.29, 0.717) is 18.7 Å². The normalized spacial score (nSPS) is 20.4. The van der Waals surface area contributed by atoms with E-state index in [-0.39, 0.29) is 41.6 Å². The van der Waals surface area contributed by atoms with E-state index in [1.807, 2.05) is 12.1 Å². The summed E-state index contributed by atoms with van der Waals surface area (Å²) >= 11 is 0. The van der Waals surface area contributed by atoms with Crippen molar-refractivity contribution in [3.63, 3.8) is 0 Å². The number of carbonyl (C=O) groups excluding carboxylic acids is 1. The molecule has 9 heteroatoms. The average molecular weight is 546 g/mol. The summed E-state index contributed by atoms with van der Waals surface area (Å²) in [7, 11) is 1.75. The maximum atomic E-state index is 14.8. The molecule has 2 fully saturated rings. The number of rotatable bonds is 6. The van der Waals surface area contributed by atoms with E-state index in [2.05, 4.69) is 31.9 Å². The summed E-state index contributed by atoms with van der Waals surface area (Å²) in [6.45, 7) is 9.03. The van der Waals surface area contributed by atoms with E-state index in [0.717, 1.165) is 70.2 Å². The van der Waals surface area contributed by atoms with Crippen LogP contribution in [0.25, 0.3) is 0 Å². The summed E-state index contributed by atoms with van der Waals surface area (Å²) in [6, 6.07) is 5.49. The zero-order valence-corrected chi connectivity index (χ0v) is 21.0. The van der Waals surface area contributed by atoms with Crippen LogP contribution in [0.1, 0.15) is 31.7 Å². The number of hydrogen-bond acceptors (Lipinski definition) is 4.